The molecule has 1 aliphatic rings. The van der Waals surface area contributed by atoms with Gasteiger partial charge in [-0.25, -0.2) is 4.39 Å². The standard InChI is InChI=1S/C21H24FN3O2/c1-16(17-5-3-2-4-6-17)23-20(26)15-24-11-13-25(14-12-24)21(27)18-7-9-19(22)10-8-18/h2-10,16H,11-15H2,1H3,(H,23,26). The average molecular weight is 369 g/mol. The topological polar surface area (TPSA) is 52.7 Å². The van der Waals surface area contributed by atoms with Crippen LogP contribution in [0.2, 0.25) is 0 Å². The lowest BCUT2D eigenvalue weighted by Crippen LogP contribution is -2.51. The van der Waals surface area contributed by atoms with Crippen LogP contribution in [0.3, 0.4) is 0 Å². The Morgan fingerprint density at radius 1 is 1.00 bits per heavy atom. The molecular formula is C21H24FN3O2. The van der Waals surface area contributed by atoms with E-state index in [2.05, 4.69) is 5.32 Å². The fourth-order valence-corrected chi connectivity index (χ4v) is 3.20. The van der Waals surface area contributed by atoms with Crippen LogP contribution in [0.25, 0.3) is 0 Å². The molecule has 0 saturated carbocycles. The molecule has 1 atom stereocenters. The predicted octanol–water partition coefficient (Wildman–Crippen LogP) is 2.46. The van der Waals surface area contributed by atoms with Crippen LogP contribution in [0, 0.1) is 5.82 Å². The lowest BCUT2D eigenvalue weighted by molar-refractivity contribution is -0.123. The molecule has 142 valence electrons. The van der Waals surface area contributed by atoms with Crippen molar-refractivity contribution in [3.63, 3.8) is 0 Å². The van der Waals surface area contributed by atoms with E-state index >= 15 is 0 Å². The molecule has 1 N–H and O–H groups in total. The van der Waals surface area contributed by atoms with Gasteiger partial charge in [-0.2, -0.15) is 0 Å². The number of amides is 2. The number of piperazine rings is 1. The van der Waals surface area contributed by atoms with E-state index < -0.39 is 0 Å². The van der Waals surface area contributed by atoms with Crippen LogP contribution in [-0.4, -0.2) is 54.3 Å². The van der Waals surface area contributed by atoms with Crippen LogP contribution in [0.5, 0.6) is 0 Å². The Bertz CT molecular complexity index is 772. The Kier molecular flexibility index (Phi) is 6.19. The molecule has 0 radical (unpaired) electrons. The molecule has 1 fully saturated rings. The zero-order chi connectivity index (χ0) is 19.2. The van der Waals surface area contributed by atoms with Crippen molar-refractivity contribution < 1.29 is 14.0 Å². The molecule has 6 heteroatoms. The third-order valence-corrected chi connectivity index (χ3v) is 4.79. The summed E-state index contributed by atoms with van der Waals surface area (Å²) in [5, 5.41) is 3.01. The van der Waals surface area contributed by atoms with Gasteiger partial charge in [-0.1, -0.05) is 30.3 Å². The Morgan fingerprint density at radius 2 is 1.63 bits per heavy atom. The molecule has 1 unspecified atom stereocenters. The van der Waals surface area contributed by atoms with E-state index in [9.17, 15) is 14.0 Å². The number of nitrogens with zero attached hydrogens (tertiary/aromatic N) is 2. The summed E-state index contributed by atoms with van der Waals surface area (Å²) in [6.07, 6.45) is 0. The molecule has 27 heavy (non-hydrogen) atoms. The first-order valence-electron chi connectivity index (χ1n) is 9.14. The van der Waals surface area contributed by atoms with Crippen LogP contribution in [0.1, 0.15) is 28.9 Å². The van der Waals surface area contributed by atoms with Crippen LogP contribution in [0.4, 0.5) is 4.39 Å². The molecule has 1 heterocycles. The van der Waals surface area contributed by atoms with Gasteiger partial charge in [0, 0.05) is 31.7 Å². The third-order valence-electron chi connectivity index (χ3n) is 4.79. The molecule has 0 bridgehead atoms. The Labute approximate surface area is 158 Å². The quantitative estimate of drug-likeness (QED) is 0.881. The lowest BCUT2D eigenvalue weighted by atomic mass is 10.1. The minimum absolute atomic E-state index is 0.0235. The van der Waals surface area contributed by atoms with Gasteiger partial charge in [0.1, 0.15) is 5.82 Å². The summed E-state index contributed by atoms with van der Waals surface area (Å²) in [6.45, 7) is 4.66. The van der Waals surface area contributed by atoms with Crippen molar-refractivity contribution in [3.05, 3.63) is 71.5 Å². The highest BCUT2D eigenvalue weighted by atomic mass is 19.1. The van der Waals surface area contributed by atoms with Crippen molar-refractivity contribution >= 4 is 11.8 Å². The highest BCUT2D eigenvalue weighted by Crippen LogP contribution is 2.12. The fourth-order valence-electron chi connectivity index (χ4n) is 3.20. The number of halogens is 1. The van der Waals surface area contributed by atoms with E-state index in [0.29, 0.717) is 38.3 Å². The van der Waals surface area contributed by atoms with Gasteiger partial charge in [0.25, 0.3) is 5.91 Å². The van der Waals surface area contributed by atoms with Gasteiger partial charge in [-0.3, -0.25) is 14.5 Å². The van der Waals surface area contributed by atoms with Crippen molar-refractivity contribution in [2.45, 2.75) is 13.0 Å². The van der Waals surface area contributed by atoms with Gasteiger partial charge in [0.05, 0.1) is 12.6 Å². The molecule has 2 aromatic rings. The SMILES string of the molecule is CC(NC(=O)CN1CCN(C(=O)c2ccc(F)cc2)CC1)c1ccccc1. The monoisotopic (exact) mass is 369 g/mol. The highest BCUT2D eigenvalue weighted by molar-refractivity contribution is 5.94. The van der Waals surface area contributed by atoms with Crippen molar-refractivity contribution in [3.8, 4) is 0 Å². The smallest absolute Gasteiger partial charge is 0.253 e. The number of benzene rings is 2. The molecule has 0 aliphatic carbocycles. The van der Waals surface area contributed by atoms with Crippen molar-refractivity contribution in [2.24, 2.45) is 0 Å². The van der Waals surface area contributed by atoms with Crippen LogP contribution >= 0.6 is 0 Å². The van der Waals surface area contributed by atoms with Crippen molar-refractivity contribution in [1.82, 2.24) is 15.1 Å². The minimum Gasteiger partial charge on any atom is -0.348 e. The number of hydrogen-bond donors (Lipinski definition) is 1. The molecule has 5 nitrogen and oxygen atoms in total. The van der Waals surface area contributed by atoms with E-state index in [4.69, 9.17) is 0 Å². The zero-order valence-electron chi connectivity index (χ0n) is 15.4. The molecule has 2 aromatic carbocycles. The first kappa shape index (κ1) is 19.0. The Morgan fingerprint density at radius 3 is 2.26 bits per heavy atom. The maximum atomic E-state index is 13.0. The van der Waals surface area contributed by atoms with Crippen LogP contribution in [0.15, 0.2) is 54.6 Å². The van der Waals surface area contributed by atoms with Gasteiger partial charge in [0.15, 0.2) is 0 Å². The van der Waals surface area contributed by atoms with Gasteiger partial charge < -0.3 is 10.2 Å². The van der Waals surface area contributed by atoms with Gasteiger partial charge >= 0.3 is 0 Å². The second-order valence-electron chi connectivity index (χ2n) is 6.78. The number of carbonyl (C=O) groups is 2. The fraction of sp³-hybridized carbons (Fsp3) is 0.333. The summed E-state index contributed by atoms with van der Waals surface area (Å²) < 4.78 is 13.0. The van der Waals surface area contributed by atoms with Crippen molar-refractivity contribution in [2.75, 3.05) is 32.7 Å². The summed E-state index contributed by atoms with van der Waals surface area (Å²) in [4.78, 5) is 28.5. The second kappa shape index (κ2) is 8.77. The molecule has 3 rings (SSSR count). The number of rotatable bonds is 5. The first-order valence-corrected chi connectivity index (χ1v) is 9.14. The van der Waals surface area contributed by atoms with Gasteiger partial charge in [-0.15, -0.1) is 0 Å². The summed E-state index contributed by atoms with van der Waals surface area (Å²) in [7, 11) is 0. The largest absolute Gasteiger partial charge is 0.348 e. The number of hydrogen-bond acceptors (Lipinski definition) is 3. The molecule has 1 aliphatic heterocycles. The number of carbonyl (C=O) groups excluding carboxylic acids is 2. The second-order valence-corrected chi connectivity index (χ2v) is 6.78. The van der Waals surface area contributed by atoms with E-state index in [1.54, 1.807) is 4.90 Å². The zero-order valence-corrected chi connectivity index (χ0v) is 15.4. The first-order chi connectivity index (χ1) is 13.0. The summed E-state index contributed by atoms with van der Waals surface area (Å²) in [6, 6.07) is 15.4. The molecule has 0 aromatic heterocycles. The van der Waals surface area contributed by atoms with E-state index in [1.165, 1.54) is 24.3 Å². The van der Waals surface area contributed by atoms with Crippen LogP contribution in [-0.2, 0) is 4.79 Å². The Hall–Kier alpha value is -2.73. The highest BCUT2D eigenvalue weighted by Gasteiger charge is 2.23. The maximum absolute atomic E-state index is 13.0. The molecule has 2 amide bonds. The van der Waals surface area contributed by atoms with Gasteiger partial charge in [-0.05, 0) is 36.8 Å². The Balaban J connectivity index is 1.45. The van der Waals surface area contributed by atoms with E-state index in [-0.39, 0.29) is 23.7 Å². The summed E-state index contributed by atoms with van der Waals surface area (Å²) in [5.41, 5.74) is 1.56. The van der Waals surface area contributed by atoms with Crippen molar-refractivity contribution in [1.29, 1.82) is 0 Å². The maximum Gasteiger partial charge on any atom is 0.253 e. The normalized spacial score (nSPS) is 16.0. The van der Waals surface area contributed by atoms with E-state index in [0.717, 1.165) is 5.56 Å². The average Bonchev–Trinajstić information content (AvgIpc) is 2.69. The minimum atomic E-state index is -0.355. The lowest BCUT2D eigenvalue weighted by Gasteiger charge is -2.34. The van der Waals surface area contributed by atoms with E-state index in [1.807, 2.05) is 42.2 Å². The number of nitrogens with one attached hydrogen (secondary N) is 1. The summed E-state index contributed by atoms with van der Waals surface area (Å²) >= 11 is 0. The molecule has 1 saturated heterocycles. The molecular weight excluding hydrogens is 345 g/mol. The predicted molar refractivity (Wildman–Crippen MR) is 102 cm³/mol. The third kappa shape index (κ3) is 5.14. The molecule has 0 spiro atoms. The van der Waals surface area contributed by atoms with Gasteiger partial charge in [0.2, 0.25) is 5.91 Å². The summed E-state index contributed by atoms with van der Waals surface area (Å²) in [5.74, 6) is -0.478. The van der Waals surface area contributed by atoms with Crippen LogP contribution < -0.4 is 5.32 Å².